The molecule has 0 aliphatic carbocycles. The van der Waals surface area contributed by atoms with E-state index in [1.165, 1.54) is 0 Å². The molecule has 1 fully saturated rings. The van der Waals surface area contributed by atoms with Gasteiger partial charge < -0.3 is 20.6 Å². The second-order valence-electron chi connectivity index (χ2n) is 5.78. The normalized spacial score (nSPS) is 22.1. The van der Waals surface area contributed by atoms with E-state index < -0.39 is 6.10 Å². The summed E-state index contributed by atoms with van der Waals surface area (Å²) < 4.78 is 5.35. The molecule has 0 aromatic heterocycles. The van der Waals surface area contributed by atoms with Crippen molar-refractivity contribution >= 4 is 11.7 Å². The molecule has 0 saturated carbocycles. The van der Waals surface area contributed by atoms with E-state index in [0.717, 1.165) is 6.42 Å². The Morgan fingerprint density at radius 2 is 2.22 bits per heavy atom. The van der Waals surface area contributed by atoms with Crippen LogP contribution in [0, 0.1) is 5.41 Å². The lowest BCUT2D eigenvalue weighted by Crippen LogP contribution is -2.50. The van der Waals surface area contributed by atoms with Crippen molar-refractivity contribution in [2.75, 3.05) is 19.7 Å². The van der Waals surface area contributed by atoms with Crippen molar-refractivity contribution in [2.24, 2.45) is 16.3 Å². The zero-order valence-corrected chi connectivity index (χ0v) is 11.3. The first-order valence-corrected chi connectivity index (χ1v) is 6.20. The van der Waals surface area contributed by atoms with Crippen LogP contribution >= 0.6 is 0 Å². The first-order chi connectivity index (χ1) is 8.33. The maximum atomic E-state index is 12.0. The topological polar surface area (TPSA) is 88.2 Å². The van der Waals surface area contributed by atoms with Crippen LogP contribution < -0.4 is 5.73 Å². The van der Waals surface area contributed by atoms with Gasteiger partial charge in [0, 0.05) is 13.0 Å². The second kappa shape index (κ2) is 6.04. The van der Waals surface area contributed by atoms with Gasteiger partial charge in [-0.1, -0.05) is 25.9 Å². The molecule has 0 aromatic carbocycles. The molecule has 1 unspecified atom stereocenters. The summed E-state index contributed by atoms with van der Waals surface area (Å²) in [7, 11) is 0. The number of nitrogens with zero attached hydrogens (tertiary/aromatic N) is 2. The first kappa shape index (κ1) is 14.8. The van der Waals surface area contributed by atoms with Gasteiger partial charge >= 0.3 is 0 Å². The lowest BCUT2D eigenvalue weighted by molar-refractivity contribution is -0.137. The third kappa shape index (κ3) is 4.52. The molecule has 1 rings (SSSR count). The number of rotatable bonds is 3. The largest absolute Gasteiger partial charge is 0.409 e. The van der Waals surface area contributed by atoms with E-state index >= 15 is 0 Å². The first-order valence-electron chi connectivity index (χ1n) is 6.20. The number of ether oxygens (including phenoxy) is 1. The van der Waals surface area contributed by atoms with Crippen LogP contribution in [-0.4, -0.2) is 47.7 Å². The van der Waals surface area contributed by atoms with Crippen molar-refractivity contribution in [1.29, 1.82) is 0 Å². The van der Waals surface area contributed by atoms with Gasteiger partial charge in [0.05, 0.1) is 13.2 Å². The molecule has 6 nitrogen and oxygen atoms in total. The van der Waals surface area contributed by atoms with Crippen LogP contribution in [0.15, 0.2) is 5.16 Å². The van der Waals surface area contributed by atoms with Gasteiger partial charge in [-0.15, -0.1) is 0 Å². The Bertz CT molecular complexity index is 323. The number of morpholine rings is 1. The van der Waals surface area contributed by atoms with E-state index in [1.54, 1.807) is 4.90 Å². The Balaban J connectivity index is 2.48. The van der Waals surface area contributed by atoms with E-state index in [-0.39, 0.29) is 17.2 Å². The molecular formula is C12H23N3O3. The molecule has 0 radical (unpaired) electrons. The van der Waals surface area contributed by atoms with E-state index in [9.17, 15) is 4.79 Å². The fraction of sp³-hybridized carbons (Fsp3) is 0.833. The monoisotopic (exact) mass is 257 g/mol. The van der Waals surface area contributed by atoms with Crippen molar-refractivity contribution in [3.8, 4) is 0 Å². The summed E-state index contributed by atoms with van der Waals surface area (Å²) in [5.74, 6) is 0.118. The molecule has 1 aliphatic heterocycles. The predicted molar refractivity (Wildman–Crippen MR) is 68.4 cm³/mol. The SMILES string of the molecule is CC(C)(C)CCC(=O)N1CCOC(C(N)=NO)C1. The Morgan fingerprint density at radius 1 is 1.56 bits per heavy atom. The van der Waals surface area contributed by atoms with E-state index in [1.807, 2.05) is 0 Å². The minimum atomic E-state index is -0.498. The highest BCUT2D eigenvalue weighted by molar-refractivity contribution is 5.85. The summed E-state index contributed by atoms with van der Waals surface area (Å²) >= 11 is 0. The van der Waals surface area contributed by atoms with Crippen molar-refractivity contribution in [1.82, 2.24) is 4.90 Å². The van der Waals surface area contributed by atoms with Crippen LogP contribution in [0.4, 0.5) is 0 Å². The third-order valence-corrected chi connectivity index (χ3v) is 2.95. The van der Waals surface area contributed by atoms with Gasteiger partial charge in [-0.05, 0) is 11.8 Å². The van der Waals surface area contributed by atoms with Crippen LogP contribution in [0.1, 0.15) is 33.6 Å². The quantitative estimate of drug-likeness (QED) is 0.338. The Morgan fingerprint density at radius 3 is 2.78 bits per heavy atom. The molecule has 0 bridgehead atoms. The molecule has 6 heteroatoms. The Kier molecular flexibility index (Phi) is 4.95. The summed E-state index contributed by atoms with van der Waals surface area (Å²) in [4.78, 5) is 13.7. The molecule has 1 aliphatic rings. The fourth-order valence-electron chi connectivity index (χ4n) is 1.76. The number of hydrogen-bond acceptors (Lipinski definition) is 4. The molecule has 0 aromatic rings. The van der Waals surface area contributed by atoms with Crippen LogP contribution in [0.3, 0.4) is 0 Å². The Labute approximate surface area is 108 Å². The maximum Gasteiger partial charge on any atom is 0.222 e. The van der Waals surface area contributed by atoms with Gasteiger partial charge in [0.25, 0.3) is 0 Å². The second-order valence-corrected chi connectivity index (χ2v) is 5.78. The maximum absolute atomic E-state index is 12.0. The molecule has 18 heavy (non-hydrogen) atoms. The highest BCUT2D eigenvalue weighted by Gasteiger charge is 2.27. The average Bonchev–Trinajstić information content (AvgIpc) is 2.34. The van der Waals surface area contributed by atoms with Crippen molar-refractivity contribution in [3.63, 3.8) is 0 Å². The standard InChI is InChI=1S/C12H23N3O3/c1-12(2,3)5-4-10(16)15-6-7-18-9(8-15)11(13)14-17/h9,17H,4-8H2,1-3H3,(H2,13,14). The number of amidine groups is 1. The molecule has 0 spiro atoms. The van der Waals surface area contributed by atoms with Crippen LogP contribution in [-0.2, 0) is 9.53 Å². The highest BCUT2D eigenvalue weighted by atomic mass is 16.5. The van der Waals surface area contributed by atoms with E-state index in [4.69, 9.17) is 15.7 Å². The van der Waals surface area contributed by atoms with Crippen molar-refractivity contribution < 1.29 is 14.7 Å². The minimum Gasteiger partial charge on any atom is -0.409 e. The van der Waals surface area contributed by atoms with Crippen LogP contribution in [0.5, 0.6) is 0 Å². The average molecular weight is 257 g/mol. The predicted octanol–water partition coefficient (Wildman–Crippen LogP) is 0.786. The van der Waals surface area contributed by atoms with Gasteiger partial charge in [-0.25, -0.2) is 0 Å². The number of nitrogens with two attached hydrogens (primary N) is 1. The summed E-state index contributed by atoms with van der Waals surface area (Å²) in [6.45, 7) is 7.68. The zero-order valence-electron chi connectivity index (χ0n) is 11.3. The van der Waals surface area contributed by atoms with Crippen molar-refractivity contribution in [2.45, 2.75) is 39.7 Å². The molecule has 3 N–H and O–H groups in total. The van der Waals surface area contributed by atoms with Gasteiger partial charge in [-0.2, -0.15) is 0 Å². The summed E-state index contributed by atoms with van der Waals surface area (Å²) in [5, 5.41) is 11.5. The van der Waals surface area contributed by atoms with Crippen LogP contribution in [0.25, 0.3) is 0 Å². The van der Waals surface area contributed by atoms with Crippen LogP contribution in [0.2, 0.25) is 0 Å². The van der Waals surface area contributed by atoms with E-state index in [2.05, 4.69) is 25.9 Å². The van der Waals surface area contributed by atoms with E-state index in [0.29, 0.717) is 26.1 Å². The molecule has 1 atom stereocenters. The lowest BCUT2D eigenvalue weighted by Gasteiger charge is -2.32. The molecular weight excluding hydrogens is 234 g/mol. The summed E-state index contributed by atoms with van der Waals surface area (Å²) in [6.07, 6.45) is 0.867. The molecule has 1 heterocycles. The fourth-order valence-corrected chi connectivity index (χ4v) is 1.76. The van der Waals surface area contributed by atoms with Gasteiger partial charge in [-0.3, -0.25) is 4.79 Å². The van der Waals surface area contributed by atoms with Crippen molar-refractivity contribution in [3.05, 3.63) is 0 Å². The van der Waals surface area contributed by atoms with Gasteiger partial charge in [0.2, 0.25) is 5.91 Å². The molecule has 104 valence electrons. The molecule has 1 saturated heterocycles. The zero-order chi connectivity index (χ0) is 13.8. The Hall–Kier alpha value is -1.30. The third-order valence-electron chi connectivity index (χ3n) is 2.95. The lowest BCUT2D eigenvalue weighted by atomic mass is 9.90. The van der Waals surface area contributed by atoms with Gasteiger partial charge in [0.15, 0.2) is 5.84 Å². The minimum absolute atomic E-state index is 0.0170. The smallest absolute Gasteiger partial charge is 0.222 e. The number of amides is 1. The molecule has 1 amide bonds. The number of hydrogen-bond donors (Lipinski definition) is 2. The number of carbonyl (C=O) groups is 1. The highest BCUT2D eigenvalue weighted by Crippen LogP contribution is 2.21. The van der Waals surface area contributed by atoms with Gasteiger partial charge in [0.1, 0.15) is 6.10 Å². The number of oxime groups is 1. The number of carbonyl (C=O) groups excluding carboxylic acids is 1. The summed E-state index contributed by atoms with van der Waals surface area (Å²) in [6, 6.07) is 0. The summed E-state index contributed by atoms with van der Waals surface area (Å²) in [5.41, 5.74) is 5.64.